The Balaban J connectivity index is 1.60. The van der Waals surface area contributed by atoms with E-state index in [2.05, 4.69) is 36.4 Å². The average molecular weight is 511 g/mol. The van der Waals surface area contributed by atoms with Crippen molar-refractivity contribution < 1.29 is 9.90 Å². The Kier molecular flexibility index (Phi) is 7.78. The minimum Gasteiger partial charge on any atom is -0.396 e. The predicted molar refractivity (Wildman–Crippen MR) is 153 cm³/mol. The molecule has 1 heterocycles. The molecule has 0 bridgehead atoms. The van der Waals surface area contributed by atoms with E-state index in [1.165, 1.54) is 10.1 Å². The van der Waals surface area contributed by atoms with Crippen LogP contribution in [0.5, 0.6) is 0 Å². The number of carbonyl (C=O) groups excluding carboxylic acids is 1. The fraction of sp³-hybridized carbons (Fsp3) is 0.258. The van der Waals surface area contributed by atoms with Gasteiger partial charge in [-0.15, -0.1) is 0 Å². The molecule has 38 heavy (non-hydrogen) atoms. The van der Waals surface area contributed by atoms with Crippen LogP contribution in [0.25, 0.3) is 11.3 Å². The first kappa shape index (κ1) is 26.8. The maximum absolute atomic E-state index is 13.0. The molecular formula is C31H34N4O3. The molecule has 0 saturated heterocycles. The van der Waals surface area contributed by atoms with Crippen molar-refractivity contribution in [2.75, 3.05) is 17.2 Å². The van der Waals surface area contributed by atoms with Gasteiger partial charge in [0.1, 0.15) is 0 Å². The normalized spacial score (nSPS) is 11.3. The Labute approximate surface area is 223 Å². The summed E-state index contributed by atoms with van der Waals surface area (Å²) in [6.45, 7) is 8.42. The standard InChI is InChI=1S/C31H34N4O3/c1-20-25(7-6-8-26(20)34-29(37)22-11-13-23(14-12-22)31(2,3)4)27-19-35(5)30(38)28(33-27)32-24-15-9-21(10-16-24)17-18-36/h6-16,19,36H,17-18H2,1-5H3,(H,32,33)(H,34,37). The summed E-state index contributed by atoms with van der Waals surface area (Å²) in [5.41, 5.74) is 6.18. The number of hydrogen-bond acceptors (Lipinski definition) is 5. The number of benzene rings is 3. The van der Waals surface area contributed by atoms with Crippen LogP contribution in [0.15, 0.2) is 77.7 Å². The highest BCUT2D eigenvalue weighted by atomic mass is 16.3. The van der Waals surface area contributed by atoms with Gasteiger partial charge in [-0.2, -0.15) is 0 Å². The van der Waals surface area contributed by atoms with Crippen molar-refractivity contribution in [3.05, 3.63) is 106 Å². The summed E-state index contributed by atoms with van der Waals surface area (Å²) in [7, 11) is 1.69. The summed E-state index contributed by atoms with van der Waals surface area (Å²) in [5.74, 6) is 0.0128. The van der Waals surface area contributed by atoms with E-state index in [0.717, 1.165) is 22.4 Å². The Morgan fingerprint density at radius 3 is 2.32 bits per heavy atom. The highest BCUT2D eigenvalue weighted by Crippen LogP contribution is 2.29. The van der Waals surface area contributed by atoms with Crippen LogP contribution in [0.1, 0.15) is 47.8 Å². The lowest BCUT2D eigenvalue weighted by atomic mass is 9.86. The van der Waals surface area contributed by atoms with Gasteiger partial charge in [-0.05, 0) is 65.8 Å². The fourth-order valence-corrected chi connectivity index (χ4v) is 4.20. The zero-order chi connectivity index (χ0) is 27.4. The van der Waals surface area contributed by atoms with Crippen LogP contribution in [0.3, 0.4) is 0 Å². The van der Waals surface area contributed by atoms with Crippen LogP contribution in [-0.4, -0.2) is 27.2 Å². The van der Waals surface area contributed by atoms with Gasteiger partial charge in [0, 0.05) is 42.4 Å². The Morgan fingerprint density at radius 2 is 1.68 bits per heavy atom. The second-order valence-corrected chi connectivity index (χ2v) is 10.4. The first-order valence-corrected chi connectivity index (χ1v) is 12.6. The minimum absolute atomic E-state index is 0.0137. The van der Waals surface area contributed by atoms with Gasteiger partial charge in [-0.3, -0.25) is 9.59 Å². The number of carbonyl (C=O) groups is 1. The molecule has 3 aromatic carbocycles. The molecule has 0 aliphatic rings. The summed E-state index contributed by atoms with van der Waals surface area (Å²) in [6, 6.07) is 20.8. The lowest BCUT2D eigenvalue weighted by molar-refractivity contribution is 0.102. The highest BCUT2D eigenvalue weighted by molar-refractivity contribution is 6.05. The molecule has 0 aliphatic heterocycles. The molecule has 0 saturated carbocycles. The third-order valence-electron chi connectivity index (χ3n) is 6.56. The summed E-state index contributed by atoms with van der Waals surface area (Å²) in [4.78, 5) is 30.4. The molecule has 1 amide bonds. The quantitative estimate of drug-likeness (QED) is 0.301. The number of nitrogens with one attached hydrogen (secondary N) is 2. The van der Waals surface area contributed by atoms with E-state index in [1.807, 2.05) is 73.7 Å². The molecule has 0 atom stereocenters. The van der Waals surface area contributed by atoms with Crippen LogP contribution in [0, 0.1) is 6.92 Å². The maximum atomic E-state index is 13.0. The number of aryl methyl sites for hydroxylation is 1. The van der Waals surface area contributed by atoms with Gasteiger partial charge < -0.3 is 20.3 Å². The van der Waals surface area contributed by atoms with Crippen molar-refractivity contribution in [2.24, 2.45) is 7.05 Å². The van der Waals surface area contributed by atoms with Gasteiger partial charge in [0.15, 0.2) is 5.82 Å². The van der Waals surface area contributed by atoms with Crippen molar-refractivity contribution in [1.29, 1.82) is 0 Å². The van der Waals surface area contributed by atoms with Crippen molar-refractivity contribution >= 4 is 23.1 Å². The highest BCUT2D eigenvalue weighted by Gasteiger charge is 2.16. The number of aliphatic hydroxyl groups is 1. The van der Waals surface area contributed by atoms with Gasteiger partial charge in [0.25, 0.3) is 11.5 Å². The zero-order valence-corrected chi connectivity index (χ0v) is 22.5. The minimum atomic E-state index is -0.256. The van der Waals surface area contributed by atoms with Crippen LogP contribution in [0.4, 0.5) is 17.2 Å². The number of hydrogen-bond donors (Lipinski definition) is 3. The zero-order valence-electron chi connectivity index (χ0n) is 22.5. The number of nitrogens with zero attached hydrogens (tertiary/aromatic N) is 2. The Hall–Kier alpha value is -4.23. The predicted octanol–water partition coefficient (Wildman–Crippen LogP) is 5.58. The third kappa shape index (κ3) is 6.01. The molecular weight excluding hydrogens is 476 g/mol. The van der Waals surface area contributed by atoms with E-state index in [-0.39, 0.29) is 29.3 Å². The Bertz CT molecular complexity index is 1500. The molecule has 0 radical (unpaired) electrons. The fourth-order valence-electron chi connectivity index (χ4n) is 4.20. The molecule has 0 spiro atoms. The third-order valence-corrected chi connectivity index (χ3v) is 6.56. The molecule has 0 fully saturated rings. The molecule has 7 nitrogen and oxygen atoms in total. The van der Waals surface area contributed by atoms with Crippen molar-refractivity contribution in [3.63, 3.8) is 0 Å². The van der Waals surface area contributed by atoms with Crippen LogP contribution in [-0.2, 0) is 18.9 Å². The van der Waals surface area contributed by atoms with Gasteiger partial charge >= 0.3 is 0 Å². The van der Waals surface area contributed by atoms with Crippen molar-refractivity contribution in [2.45, 2.75) is 39.5 Å². The second-order valence-electron chi connectivity index (χ2n) is 10.4. The monoisotopic (exact) mass is 510 g/mol. The SMILES string of the molecule is Cc1c(NC(=O)c2ccc(C(C)(C)C)cc2)cccc1-c1cn(C)c(=O)c(Nc2ccc(CCO)cc2)n1. The number of amides is 1. The lowest BCUT2D eigenvalue weighted by Crippen LogP contribution is -2.21. The van der Waals surface area contributed by atoms with Gasteiger partial charge in [-0.25, -0.2) is 4.98 Å². The average Bonchev–Trinajstić information content (AvgIpc) is 2.88. The first-order valence-electron chi connectivity index (χ1n) is 12.6. The summed E-state index contributed by atoms with van der Waals surface area (Å²) in [6.07, 6.45) is 2.27. The largest absolute Gasteiger partial charge is 0.396 e. The van der Waals surface area contributed by atoms with Crippen LogP contribution in [0.2, 0.25) is 0 Å². The molecule has 4 rings (SSSR count). The summed E-state index contributed by atoms with van der Waals surface area (Å²) < 4.78 is 1.49. The first-order chi connectivity index (χ1) is 18.1. The summed E-state index contributed by atoms with van der Waals surface area (Å²) in [5, 5.41) is 15.3. The summed E-state index contributed by atoms with van der Waals surface area (Å²) >= 11 is 0. The van der Waals surface area contributed by atoms with Gasteiger partial charge in [0.2, 0.25) is 0 Å². The van der Waals surface area contributed by atoms with E-state index in [0.29, 0.717) is 23.4 Å². The molecule has 4 aromatic rings. The topological polar surface area (TPSA) is 96.2 Å². The van der Waals surface area contributed by atoms with E-state index < -0.39 is 0 Å². The Morgan fingerprint density at radius 1 is 1.00 bits per heavy atom. The maximum Gasteiger partial charge on any atom is 0.293 e. The molecule has 7 heteroatoms. The number of aromatic nitrogens is 2. The molecule has 196 valence electrons. The van der Waals surface area contributed by atoms with Crippen LogP contribution < -0.4 is 16.2 Å². The van der Waals surface area contributed by atoms with Gasteiger partial charge in [0.05, 0.1) is 5.69 Å². The van der Waals surface area contributed by atoms with E-state index in [9.17, 15) is 9.59 Å². The van der Waals surface area contributed by atoms with E-state index in [1.54, 1.807) is 13.2 Å². The molecule has 0 unspecified atom stereocenters. The molecule has 1 aromatic heterocycles. The van der Waals surface area contributed by atoms with Crippen molar-refractivity contribution in [3.8, 4) is 11.3 Å². The number of anilines is 3. The van der Waals surface area contributed by atoms with E-state index >= 15 is 0 Å². The number of aliphatic hydroxyl groups excluding tert-OH is 1. The lowest BCUT2D eigenvalue weighted by Gasteiger charge is -2.19. The molecule has 0 aliphatic carbocycles. The van der Waals surface area contributed by atoms with E-state index in [4.69, 9.17) is 5.11 Å². The van der Waals surface area contributed by atoms with Crippen molar-refractivity contribution in [1.82, 2.24) is 9.55 Å². The van der Waals surface area contributed by atoms with Gasteiger partial charge in [-0.1, -0.05) is 57.2 Å². The van der Waals surface area contributed by atoms with Crippen LogP contribution >= 0.6 is 0 Å². The second kappa shape index (κ2) is 11.0. The molecule has 3 N–H and O–H groups in total. The smallest absolute Gasteiger partial charge is 0.293 e. The number of rotatable bonds is 7.